The van der Waals surface area contributed by atoms with Crippen LogP contribution in [0.4, 0.5) is 10.5 Å². The minimum atomic E-state index is -0.660. The van der Waals surface area contributed by atoms with Gasteiger partial charge in [0.15, 0.2) is 6.61 Å². The molecule has 1 rings (SSSR count). The van der Waals surface area contributed by atoms with Gasteiger partial charge in [0.05, 0.1) is 14.2 Å². The van der Waals surface area contributed by atoms with Crippen molar-refractivity contribution < 1.29 is 33.3 Å². The molecule has 0 aliphatic carbocycles. The van der Waals surface area contributed by atoms with E-state index in [1.807, 2.05) is 0 Å². The molecule has 132 valence electrons. The van der Waals surface area contributed by atoms with E-state index < -0.39 is 30.2 Å². The Kier molecular flexibility index (Phi) is 6.58. The fourth-order valence-corrected chi connectivity index (χ4v) is 1.62. The van der Waals surface area contributed by atoms with Crippen LogP contribution in [0.2, 0.25) is 0 Å². The number of anilines is 1. The van der Waals surface area contributed by atoms with Crippen molar-refractivity contribution in [3.8, 4) is 5.75 Å². The molecule has 1 N–H and O–H groups in total. The van der Waals surface area contributed by atoms with Crippen molar-refractivity contribution in [3.05, 3.63) is 23.8 Å². The molecule has 24 heavy (non-hydrogen) atoms. The molecule has 1 aromatic rings. The summed E-state index contributed by atoms with van der Waals surface area (Å²) in [6.45, 7) is 4.81. The van der Waals surface area contributed by atoms with Crippen LogP contribution in [0.5, 0.6) is 5.75 Å². The van der Waals surface area contributed by atoms with Gasteiger partial charge in [0.1, 0.15) is 16.9 Å². The highest BCUT2D eigenvalue weighted by Gasteiger charge is 2.19. The number of methoxy groups -OCH3 is 2. The molecule has 0 fully saturated rings. The zero-order valence-corrected chi connectivity index (χ0v) is 14.3. The monoisotopic (exact) mass is 339 g/mol. The third kappa shape index (κ3) is 6.15. The molecule has 0 atom stereocenters. The Morgan fingerprint density at radius 3 is 2.29 bits per heavy atom. The molecule has 0 saturated heterocycles. The van der Waals surface area contributed by atoms with Gasteiger partial charge in [-0.25, -0.2) is 14.4 Å². The van der Waals surface area contributed by atoms with Gasteiger partial charge >= 0.3 is 18.0 Å². The molecule has 0 heterocycles. The number of nitrogens with one attached hydrogen (secondary N) is 1. The molecular weight excluding hydrogens is 318 g/mol. The first-order valence-corrected chi connectivity index (χ1v) is 7.08. The molecule has 1 aromatic carbocycles. The maximum absolute atomic E-state index is 11.8. The van der Waals surface area contributed by atoms with Crippen molar-refractivity contribution in [1.82, 2.24) is 0 Å². The number of esters is 2. The normalized spacial score (nSPS) is 10.5. The molecule has 8 nitrogen and oxygen atoms in total. The Labute approximate surface area is 140 Å². The maximum Gasteiger partial charge on any atom is 0.412 e. The fourth-order valence-electron chi connectivity index (χ4n) is 1.62. The summed E-state index contributed by atoms with van der Waals surface area (Å²) in [7, 11) is 2.44. The lowest BCUT2D eigenvalue weighted by molar-refractivity contribution is -0.142. The highest BCUT2D eigenvalue weighted by molar-refractivity contribution is 5.94. The molecule has 0 saturated carbocycles. The zero-order valence-electron chi connectivity index (χ0n) is 14.3. The van der Waals surface area contributed by atoms with Gasteiger partial charge in [-0.05, 0) is 32.9 Å². The van der Waals surface area contributed by atoms with E-state index in [4.69, 9.17) is 9.47 Å². The van der Waals surface area contributed by atoms with Gasteiger partial charge in [0.2, 0.25) is 0 Å². The molecule has 0 spiro atoms. The first-order chi connectivity index (χ1) is 11.2. The summed E-state index contributed by atoms with van der Waals surface area (Å²) >= 11 is 0. The van der Waals surface area contributed by atoms with E-state index >= 15 is 0 Å². The fraction of sp³-hybridized carbons (Fsp3) is 0.438. The first kappa shape index (κ1) is 19.3. The largest absolute Gasteiger partial charge is 0.481 e. The Hall–Kier alpha value is -2.77. The lowest BCUT2D eigenvalue weighted by atomic mass is 10.2. The van der Waals surface area contributed by atoms with Crippen molar-refractivity contribution in [2.75, 3.05) is 26.1 Å². The van der Waals surface area contributed by atoms with Crippen LogP contribution >= 0.6 is 0 Å². The summed E-state index contributed by atoms with van der Waals surface area (Å²) in [4.78, 5) is 34.7. The minimum absolute atomic E-state index is 0.0702. The standard InChI is InChI=1S/C16H21NO7/c1-16(2,3)24-15(20)17-10-6-7-11(14(19)22-5)12(8-10)23-9-13(18)21-4/h6-8H,9H2,1-5H3,(H,17,20). The predicted octanol–water partition coefficient (Wildman–Crippen LogP) is 2.37. The summed E-state index contributed by atoms with van der Waals surface area (Å²) in [6.07, 6.45) is -0.660. The van der Waals surface area contributed by atoms with Crippen LogP contribution in [-0.4, -0.2) is 44.5 Å². The summed E-state index contributed by atoms with van der Waals surface area (Å²) in [6, 6.07) is 4.28. The molecular formula is C16H21NO7. The smallest absolute Gasteiger partial charge is 0.412 e. The predicted molar refractivity (Wildman–Crippen MR) is 85.1 cm³/mol. The Bertz CT molecular complexity index is 619. The second-order valence-electron chi connectivity index (χ2n) is 5.69. The van der Waals surface area contributed by atoms with E-state index in [-0.39, 0.29) is 11.3 Å². The van der Waals surface area contributed by atoms with E-state index in [1.165, 1.54) is 32.4 Å². The average molecular weight is 339 g/mol. The second-order valence-corrected chi connectivity index (χ2v) is 5.69. The molecule has 0 aliphatic heterocycles. The van der Waals surface area contributed by atoms with Gasteiger partial charge < -0.3 is 18.9 Å². The molecule has 0 unspecified atom stereocenters. The van der Waals surface area contributed by atoms with Crippen LogP contribution in [0.25, 0.3) is 0 Å². The first-order valence-electron chi connectivity index (χ1n) is 7.08. The Morgan fingerprint density at radius 1 is 1.08 bits per heavy atom. The molecule has 8 heteroatoms. The third-order valence-corrected chi connectivity index (χ3v) is 2.61. The van der Waals surface area contributed by atoms with Gasteiger partial charge in [-0.1, -0.05) is 0 Å². The van der Waals surface area contributed by atoms with E-state index in [0.29, 0.717) is 5.69 Å². The van der Waals surface area contributed by atoms with Crippen molar-refractivity contribution in [2.45, 2.75) is 26.4 Å². The third-order valence-electron chi connectivity index (χ3n) is 2.61. The van der Waals surface area contributed by atoms with Crippen molar-refractivity contribution in [3.63, 3.8) is 0 Å². The molecule has 0 bridgehead atoms. The number of hydrogen-bond donors (Lipinski definition) is 1. The van der Waals surface area contributed by atoms with Crippen LogP contribution in [0.15, 0.2) is 18.2 Å². The number of rotatable bonds is 5. The van der Waals surface area contributed by atoms with E-state index in [2.05, 4.69) is 14.8 Å². The lowest BCUT2D eigenvalue weighted by Gasteiger charge is -2.20. The van der Waals surface area contributed by atoms with Gasteiger partial charge in [-0.2, -0.15) is 0 Å². The van der Waals surface area contributed by atoms with Crippen LogP contribution in [0.1, 0.15) is 31.1 Å². The SMILES string of the molecule is COC(=O)COc1cc(NC(=O)OC(C)(C)C)ccc1C(=O)OC. The Balaban J connectivity index is 2.97. The molecule has 0 radical (unpaired) electrons. The van der Waals surface area contributed by atoms with Crippen molar-refractivity contribution in [1.29, 1.82) is 0 Å². The summed E-state index contributed by atoms with van der Waals surface area (Å²) in [5.74, 6) is -1.18. The minimum Gasteiger partial charge on any atom is -0.481 e. The topological polar surface area (TPSA) is 100 Å². The van der Waals surface area contributed by atoms with Gasteiger partial charge in [0.25, 0.3) is 0 Å². The lowest BCUT2D eigenvalue weighted by Crippen LogP contribution is -2.27. The Morgan fingerprint density at radius 2 is 1.75 bits per heavy atom. The van der Waals surface area contributed by atoms with Crippen LogP contribution in [0.3, 0.4) is 0 Å². The molecule has 0 aliphatic rings. The quantitative estimate of drug-likeness (QED) is 0.649. The number of carbonyl (C=O) groups excluding carboxylic acids is 3. The van der Waals surface area contributed by atoms with Gasteiger partial charge in [-0.3, -0.25) is 5.32 Å². The average Bonchev–Trinajstić information content (AvgIpc) is 2.50. The van der Waals surface area contributed by atoms with Gasteiger partial charge in [-0.15, -0.1) is 0 Å². The highest BCUT2D eigenvalue weighted by atomic mass is 16.6. The number of ether oxygens (including phenoxy) is 4. The number of benzene rings is 1. The van der Waals surface area contributed by atoms with Gasteiger partial charge in [0, 0.05) is 11.8 Å². The second kappa shape index (κ2) is 8.19. The van der Waals surface area contributed by atoms with E-state index in [0.717, 1.165) is 0 Å². The summed E-state index contributed by atoms with van der Waals surface area (Å²) < 4.78 is 19.5. The van der Waals surface area contributed by atoms with Crippen LogP contribution in [-0.2, 0) is 19.0 Å². The highest BCUT2D eigenvalue weighted by Crippen LogP contribution is 2.25. The van der Waals surface area contributed by atoms with E-state index in [9.17, 15) is 14.4 Å². The maximum atomic E-state index is 11.8. The number of carbonyl (C=O) groups is 3. The zero-order chi connectivity index (χ0) is 18.3. The summed E-state index contributed by atoms with van der Waals surface area (Å²) in [5, 5.41) is 2.52. The van der Waals surface area contributed by atoms with Crippen LogP contribution < -0.4 is 10.1 Å². The number of hydrogen-bond acceptors (Lipinski definition) is 7. The van der Waals surface area contributed by atoms with E-state index in [1.54, 1.807) is 20.8 Å². The molecule has 1 amide bonds. The van der Waals surface area contributed by atoms with Crippen molar-refractivity contribution in [2.24, 2.45) is 0 Å². The summed E-state index contributed by atoms with van der Waals surface area (Å²) in [5.41, 5.74) is -0.215. The van der Waals surface area contributed by atoms with Crippen LogP contribution in [0, 0.1) is 0 Å². The molecule has 0 aromatic heterocycles. The van der Waals surface area contributed by atoms with Crippen molar-refractivity contribution >= 4 is 23.7 Å². The number of amides is 1.